The fourth-order valence-corrected chi connectivity index (χ4v) is 0.385. The number of benzene rings is 1. The summed E-state index contributed by atoms with van der Waals surface area (Å²) in [5.74, 6) is 0. The first-order chi connectivity index (χ1) is 5.27. The first-order valence-corrected chi connectivity index (χ1v) is 3.39. The monoisotopic (exact) mass is 151 g/mol. The summed E-state index contributed by atoms with van der Waals surface area (Å²) < 4.78 is 0. The summed E-state index contributed by atoms with van der Waals surface area (Å²) in [6, 6.07) is 12.0. The fourth-order valence-electron chi connectivity index (χ4n) is 0.385. The third kappa shape index (κ3) is 8.69. The molecule has 0 spiro atoms. The summed E-state index contributed by atoms with van der Waals surface area (Å²) in [5, 5.41) is 0. The van der Waals surface area contributed by atoms with Crippen molar-refractivity contribution in [2.24, 2.45) is 0 Å². The molecule has 0 unspecified atom stereocenters. The van der Waals surface area contributed by atoms with Crippen molar-refractivity contribution < 1.29 is 4.79 Å². The second-order valence-corrected chi connectivity index (χ2v) is 2.22. The molecule has 1 rings (SSSR count). The standard InChI is InChI=1S/C6H6.C3H7NO/c1-2-4-6-5-3-1;1-4(2)3-5/h1-6H;3H,1-2H3. The first kappa shape index (κ1) is 9.69. The Hall–Kier alpha value is -1.31. The van der Waals surface area contributed by atoms with Crippen molar-refractivity contribution in [1.82, 2.24) is 4.90 Å². The van der Waals surface area contributed by atoms with Crippen LogP contribution in [0.4, 0.5) is 0 Å². The zero-order chi connectivity index (χ0) is 8.53. The lowest BCUT2D eigenvalue weighted by Crippen LogP contribution is -2.06. The van der Waals surface area contributed by atoms with Crippen LogP contribution in [0.1, 0.15) is 0 Å². The average Bonchev–Trinajstić information content (AvgIpc) is 2.09. The molecule has 1 aromatic rings. The van der Waals surface area contributed by atoms with E-state index in [1.54, 1.807) is 14.1 Å². The fraction of sp³-hybridized carbons (Fsp3) is 0.222. The van der Waals surface area contributed by atoms with E-state index in [-0.39, 0.29) is 0 Å². The highest BCUT2D eigenvalue weighted by Crippen LogP contribution is 1.79. The molecule has 1 aromatic carbocycles. The summed E-state index contributed by atoms with van der Waals surface area (Å²) >= 11 is 0. The molecule has 2 heteroatoms. The van der Waals surface area contributed by atoms with Crippen molar-refractivity contribution in [3.8, 4) is 0 Å². The van der Waals surface area contributed by atoms with Crippen LogP contribution in [0.15, 0.2) is 36.4 Å². The van der Waals surface area contributed by atoms with Gasteiger partial charge in [0.15, 0.2) is 0 Å². The zero-order valence-corrected chi connectivity index (χ0v) is 6.90. The van der Waals surface area contributed by atoms with Gasteiger partial charge in [0.2, 0.25) is 6.41 Å². The van der Waals surface area contributed by atoms with Crippen molar-refractivity contribution in [3.63, 3.8) is 0 Å². The van der Waals surface area contributed by atoms with E-state index in [0.29, 0.717) is 0 Å². The molecule has 0 heterocycles. The maximum Gasteiger partial charge on any atom is 0.209 e. The van der Waals surface area contributed by atoms with E-state index in [1.165, 1.54) is 4.90 Å². The predicted molar refractivity (Wildman–Crippen MR) is 46.2 cm³/mol. The second-order valence-electron chi connectivity index (χ2n) is 2.22. The minimum absolute atomic E-state index is 0.750. The van der Waals surface area contributed by atoms with Gasteiger partial charge in [-0.25, -0.2) is 0 Å². The molecule has 60 valence electrons. The van der Waals surface area contributed by atoms with Crippen molar-refractivity contribution in [1.29, 1.82) is 0 Å². The van der Waals surface area contributed by atoms with Crippen LogP contribution in [0.3, 0.4) is 0 Å². The molecule has 11 heavy (non-hydrogen) atoms. The molecule has 0 aliphatic heterocycles. The average molecular weight is 151 g/mol. The van der Waals surface area contributed by atoms with Crippen LogP contribution in [0.5, 0.6) is 0 Å². The van der Waals surface area contributed by atoms with Gasteiger partial charge in [0.25, 0.3) is 0 Å². The van der Waals surface area contributed by atoms with Crippen LogP contribution < -0.4 is 0 Å². The van der Waals surface area contributed by atoms with Crippen LogP contribution in [0.2, 0.25) is 0 Å². The lowest BCUT2D eigenvalue weighted by Gasteiger charge is -1.93. The largest absolute Gasteiger partial charge is 0.351 e. The van der Waals surface area contributed by atoms with Gasteiger partial charge in [0.1, 0.15) is 0 Å². The third-order valence-corrected chi connectivity index (χ3v) is 0.877. The molecule has 0 bridgehead atoms. The highest BCUT2D eigenvalue weighted by molar-refractivity contribution is 5.45. The molecule has 2 nitrogen and oxygen atoms in total. The Balaban J connectivity index is 0.000000187. The van der Waals surface area contributed by atoms with Gasteiger partial charge in [0, 0.05) is 14.1 Å². The van der Waals surface area contributed by atoms with E-state index in [0.717, 1.165) is 6.41 Å². The molecular weight excluding hydrogens is 138 g/mol. The minimum Gasteiger partial charge on any atom is -0.351 e. The van der Waals surface area contributed by atoms with E-state index < -0.39 is 0 Å². The van der Waals surface area contributed by atoms with E-state index in [2.05, 4.69) is 0 Å². The Bertz CT molecular complexity index is 145. The Morgan fingerprint density at radius 2 is 1.09 bits per heavy atom. The smallest absolute Gasteiger partial charge is 0.209 e. The maximum atomic E-state index is 9.43. The van der Waals surface area contributed by atoms with E-state index in [9.17, 15) is 4.79 Å². The number of rotatable bonds is 1. The summed E-state index contributed by atoms with van der Waals surface area (Å²) in [5.41, 5.74) is 0. The van der Waals surface area contributed by atoms with Gasteiger partial charge in [0.05, 0.1) is 0 Å². The third-order valence-electron chi connectivity index (χ3n) is 0.877. The number of hydrogen-bond acceptors (Lipinski definition) is 1. The normalized spacial score (nSPS) is 7.45. The molecule has 0 aromatic heterocycles. The van der Waals surface area contributed by atoms with Crippen molar-refractivity contribution in [3.05, 3.63) is 36.4 Å². The molecule has 0 fully saturated rings. The number of amides is 1. The Kier molecular flexibility index (Phi) is 5.99. The molecule has 0 atom stereocenters. The second kappa shape index (κ2) is 6.81. The van der Waals surface area contributed by atoms with Crippen LogP contribution in [-0.2, 0) is 4.79 Å². The quantitative estimate of drug-likeness (QED) is 0.555. The summed E-state index contributed by atoms with van der Waals surface area (Å²) in [7, 11) is 3.38. The molecule has 1 amide bonds. The maximum absolute atomic E-state index is 9.43. The van der Waals surface area contributed by atoms with Gasteiger partial charge in [-0.3, -0.25) is 4.79 Å². The Labute approximate surface area is 67.5 Å². The summed E-state index contributed by atoms with van der Waals surface area (Å²) in [4.78, 5) is 10.9. The molecule has 0 saturated carbocycles. The lowest BCUT2D eigenvalue weighted by molar-refractivity contribution is -0.115. The van der Waals surface area contributed by atoms with E-state index in [4.69, 9.17) is 0 Å². The van der Waals surface area contributed by atoms with Crippen LogP contribution >= 0.6 is 0 Å². The van der Waals surface area contributed by atoms with Gasteiger partial charge in [-0.15, -0.1) is 0 Å². The highest BCUT2D eigenvalue weighted by Gasteiger charge is 1.68. The van der Waals surface area contributed by atoms with Crippen LogP contribution in [-0.4, -0.2) is 25.4 Å². The first-order valence-electron chi connectivity index (χ1n) is 3.39. The minimum atomic E-state index is 0.750. The SMILES string of the molecule is CN(C)C=O.c1ccccc1. The van der Waals surface area contributed by atoms with E-state index >= 15 is 0 Å². The van der Waals surface area contributed by atoms with Crippen molar-refractivity contribution in [2.75, 3.05) is 14.1 Å². The highest BCUT2D eigenvalue weighted by atomic mass is 16.1. The van der Waals surface area contributed by atoms with Gasteiger partial charge in [-0.2, -0.15) is 0 Å². The molecule has 0 N–H and O–H groups in total. The van der Waals surface area contributed by atoms with Crippen LogP contribution in [0.25, 0.3) is 0 Å². The zero-order valence-electron chi connectivity index (χ0n) is 6.90. The summed E-state index contributed by atoms with van der Waals surface area (Å²) in [6.45, 7) is 0. The molecule has 0 aliphatic rings. The summed E-state index contributed by atoms with van der Waals surface area (Å²) in [6.07, 6.45) is 0.750. The number of nitrogens with zero attached hydrogens (tertiary/aromatic N) is 1. The van der Waals surface area contributed by atoms with Gasteiger partial charge >= 0.3 is 0 Å². The van der Waals surface area contributed by atoms with Gasteiger partial charge in [-0.1, -0.05) is 36.4 Å². The molecule has 0 saturated heterocycles. The number of hydrogen-bond donors (Lipinski definition) is 0. The Morgan fingerprint density at radius 3 is 1.18 bits per heavy atom. The molecular formula is C9H13NO. The number of carbonyl (C=O) groups excluding carboxylic acids is 1. The number of carbonyl (C=O) groups is 1. The lowest BCUT2D eigenvalue weighted by atomic mass is 10.4. The molecule has 0 aliphatic carbocycles. The molecule has 0 radical (unpaired) electrons. The van der Waals surface area contributed by atoms with Crippen molar-refractivity contribution in [2.45, 2.75) is 0 Å². The van der Waals surface area contributed by atoms with Crippen LogP contribution in [0, 0.1) is 0 Å². The van der Waals surface area contributed by atoms with Gasteiger partial charge in [-0.05, 0) is 0 Å². The van der Waals surface area contributed by atoms with Gasteiger partial charge < -0.3 is 4.90 Å². The predicted octanol–water partition coefficient (Wildman–Crippen LogP) is 1.39. The van der Waals surface area contributed by atoms with E-state index in [1.807, 2.05) is 36.4 Å². The topological polar surface area (TPSA) is 20.3 Å². The Morgan fingerprint density at radius 1 is 0.909 bits per heavy atom. The van der Waals surface area contributed by atoms with Crippen molar-refractivity contribution >= 4 is 6.41 Å².